The van der Waals surface area contributed by atoms with Crippen LogP contribution < -0.4 is 5.32 Å². The van der Waals surface area contributed by atoms with E-state index in [9.17, 15) is 14.9 Å². The molecule has 0 heterocycles. The van der Waals surface area contributed by atoms with Gasteiger partial charge in [0, 0.05) is 16.1 Å². The zero-order valence-corrected chi connectivity index (χ0v) is 12.2. The average Bonchev–Trinajstić information content (AvgIpc) is 2.30. The number of rotatable bonds is 3. The molecule has 0 aliphatic carbocycles. The van der Waals surface area contributed by atoms with Gasteiger partial charge in [0.2, 0.25) is 0 Å². The highest BCUT2D eigenvalue weighted by Gasteiger charge is 2.24. The summed E-state index contributed by atoms with van der Waals surface area (Å²) in [4.78, 5) is 22.4. The van der Waals surface area contributed by atoms with Gasteiger partial charge in [0.25, 0.3) is 11.6 Å². The van der Waals surface area contributed by atoms with E-state index in [0.717, 1.165) is 0 Å². The first-order valence-corrected chi connectivity index (χ1v) is 6.15. The molecule has 0 radical (unpaired) electrons. The van der Waals surface area contributed by atoms with Crippen LogP contribution in [0.1, 0.15) is 29.8 Å². The van der Waals surface area contributed by atoms with Crippen LogP contribution in [-0.4, -0.2) is 16.4 Å². The van der Waals surface area contributed by atoms with Gasteiger partial charge in [-0.25, -0.2) is 0 Å². The molecule has 19 heavy (non-hydrogen) atoms. The van der Waals surface area contributed by atoms with E-state index in [-0.39, 0.29) is 16.8 Å². The highest BCUT2D eigenvalue weighted by molar-refractivity contribution is 9.10. The summed E-state index contributed by atoms with van der Waals surface area (Å²) in [5.74, 6) is -0.520. The Morgan fingerprint density at radius 1 is 1.53 bits per heavy atom. The Morgan fingerprint density at radius 2 is 2.11 bits per heavy atom. The third-order valence-electron chi connectivity index (χ3n) is 2.49. The zero-order chi connectivity index (χ0) is 14.8. The fourth-order valence-corrected chi connectivity index (χ4v) is 1.91. The van der Waals surface area contributed by atoms with Gasteiger partial charge in [0.15, 0.2) is 0 Å². The fourth-order valence-electron chi connectivity index (χ4n) is 1.47. The maximum absolute atomic E-state index is 12.1. The van der Waals surface area contributed by atoms with E-state index < -0.39 is 16.4 Å². The number of nitrogens with one attached hydrogen (secondary N) is 1. The number of hydrogen-bond donors (Lipinski definition) is 1. The van der Waals surface area contributed by atoms with Crippen LogP contribution in [0.3, 0.4) is 0 Å². The molecule has 0 fully saturated rings. The van der Waals surface area contributed by atoms with Crippen molar-refractivity contribution in [1.29, 1.82) is 5.26 Å². The van der Waals surface area contributed by atoms with Gasteiger partial charge < -0.3 is 5.32 Å². The first-order valence-electron chi connectivity index (χ1n) is 5.36. The van der Waals surface area contributed by atoms with Crippen molar-refractivity contribution in [1.82, 2.24) is 5.32 Å². The molecule has 1 rings (SSSR count). The SMILES string of the molecule is Cc1c(C(=O)NC(C)(C)C#N)cc(Br)cc1[N+](=O)[O-]. The summed E-state index contributed by atoms with van der Waals surface area (Å²) in [5.41, 5.74) is -0.751. The van der Waals surface area contributed by atoms with E-state index in [1.807, 2.05) is 6.07 Å². The Balaban J connectivity index is 3.25. The standard InChI is InChI=1S/C12H12BrN3O3/c1-7-9(11(17)15-12(2,3)6-14)4-8(13)5-10(7)16(18)19/h4-5H,1-3H3,(H,15,17). The van der Waals surface area contributed by atoms with Crippen LogP contribution in [0.5, 0.6) is 0 Å². The van der Waals surface area contributed by atoms with Gasteiger partial charge in [-0.2, -0.15) is 5.26 Å². The minimum atomic E-state index is -1.04. The third-order valence-corrected chi connectivity index (χ3v) is 2.95. The van der Waals surface area contributed by atoms with Crippen molar-refractivity contribution in [3.8, 4) is 6.07 Å². The molecular weight excluding hydrogens is 314 g/mol. The number of nitro benzene ring substituents is 1. The van der Waals surface area contributed by atoms with E-state index in [0.29, 0.717) is 4.47 Å². The fraction of sp³-hybridized carbons (Fsp3) is 0.333. The van der Waals surface area contributed by atoms with Gasteiger partial charge >= 0.3 is 0 Å². The number of halogens is 1. The van der Waals surface area contributed by atoms with Crippen LogP contribution in [0.2, 0.25) is 0 Å². The van der Waals surface area contributed by atoms with Crippen LogP contribution in [0.25, 0.3) is 0 Å². The highest BCUT2D eigenvalue weighted by atomic mass is 79.9. The summed E-state index contributed by atoms with van der Waals surface area (Å²) >= 11 is 3.13. The first kappa shape index (κ1) is 15.1. The minimum Gasteiger partial charge on any atom is -0.334 e. The predicted molar refractivity (Wildman–Crippen MR) is 72.7 cm³/mol. The molecule has 0 unspecified atom stereocenters. The van der Waals surface area contributed by atoms with Crippen molar-refractivity contribution in [2.75, 3.05) is 0 Å². The smallest absolute Gasteiger partial charge is 0.274 e. The number of hydrogen-bond acceptors (Lipinski definition) is 4. The van der Waals surface area contributed by atoms with E-state index in [1.54, 1.807) is 13.8 Å². The number of amides is 1. The lowest BCUT2D eigenvalue weighted by Gasteiger charge is -2.18. The Kier molecular flexibility index (Phi) is 4.27. The van der Waals surface area contributed by atoms with Gasteiger partial charge in [-0.1, -0.05) is 15.9 Å². The van der Waals surface area contributed by atoms with Crippen LogP contribution in [-0.2, 0) is 0 Å². The second kappa shape index (κ2) is 5.36. The molecule has 1 aromatic rings. The van der Waals surface area contributed by atoms with E-state index in [2.05, 4.69) is 21.2 Å². The summed E-state index contributed by atoms with van der Waals surface area (Å²) in [6.45, 7) is 4.60. The quantitative estimate of drug-likeness (QED) is 0.682. The van der Waals surface area contributed by atoms with Crippen molar-refractivity contribution >= 4 is 27.5 Å². The van der Waals surface area contributed by atoms with Gasteiger partial charge in [-0.05, 0) is 26.8 Å². The van der Waals surface area contributed by atoms with Gasteiger partial charge in [-0.3, -0.25) is 14.9 Å². The normalized spacial score (nSPS) is 10.7. The predicted octanol–water partition coefficient (Wildman–Crippen LogP) is 2.70. The monoisotopic (exact) mass is 325 g/mol. The summed E-state index contributed by atoms with van der Waals surface area (Å²) in [6, 6.07) is 4.76. The average molecular weight is 326 g/mol. The lowest BCUT2D eigenvalue weighted by atomic mass is 10.0. The molecule has 0 saturated heterocycles. The highest BCUT2D eigenvalue weighted by Crippen LogP contribution is 2.27. The topological polar surface area (TPSA) is 96.0 Å². The van der Waals surface area contributed by atoms with Gasteiger partial charge in [-0.15, -0.1) is 0 Å². The van der Waals surface area contributed by atoms with Crippen LogP contribution in [0, 0.1) is 28.4 Å². The molecule has 1 N–H and O–H groups in total. The molecule has 6 nitrogen and oxygen atoms in total. The molecule has 0 aliphatic rings. The van der Waals surface area contributed by atoms with Crippen molar-refractivity contribution in [2.45, 2.75) is 26.3 Å². The molecule has 100 valence electrons. The zero-order valence-electron chi connectivity index (χ0n) is 10.7. The summed E-state index contributed by atoms with van der Waals surface area (Å²) in [6.07, 6.45) is 0. The number of benzene rings is 1. The second-order valence-corrected chi connectivity index (χ2v) is 5.46. The minimum absolute atomic E-state index is 0.144. The van der Waals surface area contributed by atoms with Gasteiger partial charge in [0.1, 0.15) is 5.54 Å². The molecule has 0 spiro atoms. The third kappa shape index (κ3) is 3.51. The van der Waals surface area contributed by atoms with Gasteiger partial charge in [0.05, 0.1) is 16.6 Å². The summed E-state index contributed by atoms with van der Waals surface area (Å²) in [5, 5.41) is 22.3. The number of carbonyl (C=O) groups excluding carboxylic acids is 1. The molecule has 0 saturated carbocycles. The maximum Gasteiger partial charge on any atom is 0.274 e. The van der Waals surface area contributed by atoms with Crippen molar-refractivity contribution in [2.24, 2.45) is 0 Å². The molecule has 1 amide bonds. The Morgan fingerprint density at radius 3 is 2.58 bits per heavy atom. The Hall–Kier alpha value is -1.94. The lowest BCUT2D eigenvalue weighted by Crippen LogP contribution is -2.42. The number of nitriles is 1. The second-order valence-electron chi connectivity index (χ2n) is 4.55. The van der Waals surface area contributed by atoms with Crippen molar-refractivity contribution < 1.29 is 9.72 Å². The first-order chi connectivity index (χ1) is 8.68. The maximum atomic E-state index is 12.1. The van der Waals surface area contributed by atoms with Crippen LogP contribution in [0.15, 0.2) is 16.6 Å². The number of nitro groups is 1. The van der Waals surface area contributed by atoms with E-state index in [1.165, 1.54) is 19.1 Å². The van der Waals surface area contributed by atoms with Crippen molar-refractivity contribution in [3.63, 3.8) is 0 Å². The number of nitrogens with zero attached hydrogens (tertiary/aromatic N) is 2. The summed E-state index contributed by atoms with van der Waals surface area (Å²) in [7, 11) is 0. The van der Waals surface area contributed by atoms with Crippen LogP contribution in [0.4, 0.5) is 5.69 Å². The molecule has 0 aliphatic heterocycles. The Labute approximate surface area is 118 Å². The molecule has 0 bridgehead atoms. The number of carbonyl (C=O) groups is 1. The summed E-state index contributed by atoms with van der Waals surface area (Å²) < 4.78 is 0.435. The molecule has 7 heteroatoms. The Bertz CT molecular complexity index is 591. The largest absolute Gasteiger partial charge is 0.334 e. The molecular formula is C12H12BrN3O3. The van der Waals surface area contributed by atoms with Crippen molar-refractivity contribution in [3.05, 3.63) is 37.8 Å². The van der Waals surface area contributed by atoms with E-state index in [4.69, 9.17) is 5.26 Å². The van der Waals surface area contributed by atoms with E-state index >= 15 is 0 Å². The molecule has 1 aromatic carbocycles. The lowest BCUT2D eigenvalue weighted by molar-refractivity contribution is -0.385. The molecule has 0 atom stereocenters. The molecule has 0 aromatic heterocycles. The van der Waals surface area contributed by atoms with Crippen LogP contribution >= 0.6 is 15.9 Å².